The Morgan fingerprint density at radius 3 is 2.19 bits per heavy atom. The van der Waals surface area contributed by atoms with Crippen molar-refractivity contribution in [2.75, 3.05) is 13.1 Å². The molecule has 2 rings (SSSR count). The molecule has 1 heterocycles. The van der Waals surface area contributed by atoms with Gasteiger partial charge in [0.25, 0.3) is 0 Å². The Morgan fingerprint density at radius 2 is 1.76 bits per heavy atom. The zero-order valence-corrected chi connectivity index (χ0v) is 16.4. The molecule has 2 fully saturated rings. The quantitative estimate of drug-likeness (QED) is 0.672. The third-order valence-corrected chi connectivity index (χ3v) is 4.42. The molecule has 1 spiro atoms. The summed E-state index contributed by atoms with van der Waals surface area (Å²) >= 11 is 0. The van der Waals surface area contributed by atoms with Crippen molar-refractivity contribution in [3.63, 3.8) is 0 Å². The van der Waals surface area contributed by atoms with Gasteiger partial charge in [-0.3, -0.25) is 0 Å². The molecule has 3 nitrogen and oxygen atoms in total. The maximum absolute atomic E-state index is 13.3. The van der Waals surface area contributed by atoms with Crippen LogP contribution in [0.3, 0.4) is 0 Å². The van der Waals surface area contributed by atoms with Gasteiger partial charge in [0.2, 0.25) is 0 Å². The predicted molar refractivity (Wildman–Crippen MR) is 71.5 cm³/mol. The number of ether oxygens (including phenoxy) is 1. The van der Waals surface area contributed by atoms with E-state index in [4.69, 9.17) is 4.74 Å². The van der Waals surface area contributed by atoms with Crippen LogP contribution >= 0.6 is 0 Å². The molecular formula is C13H22BF3KNO2. The number of amides is 1. The molecule has 1 saturated heterocycles. The fraction of sp³-hybridized carbons (Fsp3) is 0.923. The first-order valence-corrected chi connectivity index (χ1v) is 7.21. The van der Waals surface area contributed by atoms with Gasteiger partial charge in [-0.2, -0.15) is 0 Å². The van der Waals surface area contributed by atoms with Gasteiger partial charge in [-0.05, 0) is 44.8 Å². The van der Waals surface area contributed by atoms with Crippen molar-refractivity contribution >= 4 is 13.1 Å². The summed E-state index contributed by atoms with van der Waals surface area (Å²) in [5.41, 5.74) is -1.43. The van der Waals surface area contributed by atoms with E-state index in [1.165, 1.54) is 4.90 Å². The van der Waals surface area contributed by atoms with Gasteiger partial charge in [0.1, 0.15) is 5.60 Å². The minimum atomic E-state index is -4.93. The van der Waals surface area contributed by atoms with Crippen LogP contribution in [0.2, 0.25) is 5.82 Å². The summed E-state index contributed by atoms with van der Waals surface area (Å²) < 4.78 is 45.2. The average molecular weight is 331 g/mol. The van der Waals surface area contributed by atoms with Gasteiger partial charge in [-0.15, -0.1) is 0 Å². The number of nitrogens with zero attached hydrogens (tertiary/aromatic N) is 1. The predicted octanol–water partition coefficient (Wildman–Crippen LogP) is 1.02. The van der Waals surface area contributed by atoms with E-state index < -0.39 is 29.9 Å². The molecule has 0 aromatic rings. The molecule has 8 heteroatoms. The normalized spacial score (nSPS) is 25.0. The fourth-order valence-corrected chi connectivity index (χ4v) is 3.59. The number of carbonyl (C=O) groups excluding carboxylic acids is 1. The number of hydrogen-bond donors (Lipinski definition) is 0. The van der Waals surface area contributed by atoms with Gasteiger partial charge < -0.3 is 22.6 Å². The molecule has 21 heavy (non-hydrogen) atoms. The van der Waals surface area contributed by atoms with E-state index in [0.29, 0.717) is 12.8 Å². The van der Waals surface area contributed by atoms with E-state index in [9.17, 15) is 17.7 Å². The summed E-state index contributed by atoms with van der Waals surface area (Å²) in [7, 11) is 0. The van der Waals surface area contributed by atoms with Crippen LogP contribution < -0.4 is 51.4 Å². The summed E-state index contributed by atoms with van der Waals surface area (Å²) in [6.45, 7) is 0.182. The zero-order valence-electron chi connectivity index (χ0n) is 13.3. The van der Waals surface area contributed by atoms with Gasteiger partial charge >= 0.3 is 64.5 Å². The van der Waals surface area contributed by atoms with Crippen molar-refractivity contribution in [1.29, 1.82) is 0 Å². The second-order valence-electron chi connectivity index (χ2n) is 7.16. The molecule has 0 aromatic heterocycles. The van der Waals surface area contributed by atoms with Crippen LogP contribution in [0, 0.1) is 5.41 Å². The molecule has 1 aliphatic heterocycles. The third-order valence-electron chi connectivity index (χ3n) is 4.42. The molecule has 2 aliphatic rings. The first-order valence-electron chi connectivity index (χ1n) is 7.21. The zero-order chi connectivity index (χ0) is 15.2. The molecule has 0 aromatic carbocycles. The van der Waals surface area contributed by atoms with Crippen molar-refractivity contribution in [3.8, 4) is 0 Å². The minimum absolute atomic E-state index is 0. The van der Waals surface area contributed by atoms with E-state index in [1.54, 1.807) is 20.8 Å². The number of rotatable bonds is 1. The van der Waals surface area contributed by atoms with E-state index in [0.717, 1.165) is 12.8 Å². The van der Waals surface area contributed by atoms with Crippen molar-refractivity contribution in [2.45, 2.75) is 57.9 Å². The summed E-state index contributed by atoms with van der Waals surface area (Å²) in [4.78, 5) is 13.3. The van der Waals surface area contributed by atoms with Gasteiger partial charge in [0.15, 0.2) is 0 Å². The Kier molecular flexibility index (Phi) is 6.33. The maximum Gasteiger partial charge on any atom is 1.00 e. The van der Waals surface area contributed by atoms with Crippen LogP contribution in [0.4, 0.5) is 17.7 Å². The molecule has 1 unspecified atom stereocenters. The van der Waals surface area contributed by atoms with Crippen LogP contribution in [0.25, 0.3) is 0 Å². The van der Waals surface area contributed by atoms with Crippen LogP contribution in [0.1, 0.15) is 46.5 Å². The van der Waals surface area contributed by atoms with E-state index in [2.05, 4.69) is 0 Å². The first-order chi connectivity index (χ1) is 9.04. The Morgan fingerprint density at radius 1 is 1.24 bits per heavy atom. The average Bonchev–Trinajstić information content (AvgIpc) is 2.83. The summed E-state index contributed by atoms with van der Waals surface area (Å²) in [6, 6.07) is 0. The number of hydrogen-bond acceptors (Lipinski definition) is 2. The van der Waals surface area contributed by atoms with E-state index in [-0.39, 0.29) is 64.5 Å². The third kappa shape index (κ3) is 4.62. The molecule has 1 saturated carbocycles. The van der Waals surface area contributed by atoms with Gasteiger partial charge in [0.05, 0.1) is 0 Å². The number of likely N-dealkylation sites (tertiary alicyclic amines) is 1. The van der Waals surface area contributed by atoms with Gasteiger partial charge in [0, 0.05) is 13.1 Å². The molecule has 116 valence electrons. The fourth-order valence-electron chi connectivity index (χ4n) is 3.59. The summed E-state index contributed by atoms with van der Waals surface area (Å²) in [5.74, 6) is -1.35. The summed E-state index contributed by atoms with van der Waals surface area (Å²) in [5, 5.41) is 0. The van der Waals surface area contributed by atoms with Crippen LogP contribution in [-0.2, 0) is 4.74 Å². The SMILES string of the molecule is CC(C)(C)OC(=O)N1CC([B-](F)(F)F)C2(CCCC2)C1.[K+]. The Balaban J connectivity index is 0.00000220. The van der Waals surface area contributed by atoms with Gasteiger partial charge in [-0.1, -0.05) is 12.8 Å². The molecule has 1 atom stereocenters. The smallest absolute Gasteiger partial charge is 0.449 e. The number of carbonyl (C=O) groups is 1. The van der Waals surface area contributed by atoms with Crippen LogP contribution in [0.15, 0.2) is 0 Å². The van der Waals surface area contributed by atoms with Crippen molar-refractivity contribution in [3.05, 3.63) is 0 Å². The topological polar surface area (TPSA) is 29.5 Å². The second-order valence-corrected chi connectivity index (χ2v) is 7.16. The van der Waals surface area contributed by atoms with Gasteiger partial charge in [-0.25, -0.2) is 4.79 Å². The van der Waals surface area contributed by atoms with Crippen molar-refractivity contribution in [2.24, 2.45) is 5.41 Å². The van der Waals surface area contributed by atoms with E-state index in [1.807, 2.05) is 0 Å². The first kappa shape index (κ1) is 19.8. The van der Waals surface area contributed by atoms with Crippen molar-refractivity contribution in [1.82, 2.24) is 4.90 Å². The molecule has 1 aliphatic carbocycles. The summed E-state index contributed by atoms with van der Waals surface area (Å²) in [6.07, 6.45) is 2.16. The van der Waals surface area contributed by atoms with E-state index >= 15 is 0 Å². The van der Waals surface area contributed by atoms with Crippen LogP contribution in [0.5, 0.6) is 0 Å². The maximum atomic E-state index is 13.3. The molecule has 1 amide bonds. The molecule has 0 radical (unpaired) electrons. The minimum Gasteiger partial charge on any atom is -0.449 e. The molecule has 0 N–H and O–H groups in total. The molecule has 0 bridgehead atoms. The monoisotopic (exact) mass is 331 g/mol. The Hall–Kier alpha value is 0.761. The largest absolute Gasteiger partial charge is 1.00 e. The van der Waals surface area contributed by atoms with Crippen LogP contribution in [-0.4, -0.2) is 36.7 Å². The Labute approximate surface area is 166 Å². The Bertz CT molecular complexity index is 392. The second kappa shape index (κ2) is 6.71. The number of halogens is 3. The van der Waals surface area contributed by atoms with Crippen molar-refractivity contribution < 1.29 is 73.9 Å². The molecular weight excluding hydrogens is 309 g/mol. The standard InChI is InChI=1S/C13H22BF3NO2.K/c1-12(2,3)20-11(19)18-8-10(14(15,16)17)13(9-18)6-4-5-7-13;/h10H,4-9H2,1-3H3;/q-1;+1.